The van der Waals surface area contributed by atoms with Gasteiger partial charge in [-0.2, -0.15) is 0 Å². The quantitative estimate of drug-likeness (QED) is 0.609. The molecule has 0 unspecified atom stereocenters. The van der Waals surface area contributed by atoms with E-state index in [1.807, 2.05) is 12.1 Å². The number of ketones is 1. The third kappa shape index (κ3) is 5.90. The number of hydrogen-bond donors (Lipinski definition) is 1. The van der Waals surface area contributed by atoms with Crippen LogP contribution in [0.25, 0.3) is 0 Å². The monoisotopic (exact) mass is 463 g/mol. The van der Waals surface area contributed by atoms with E-state index in [1.165, 1.54) is 5.56 Å². The van der Waals surface area contributed by atoms with Crippen molar-refractivity contribution in [3.8, 4) is 5.75 Å². The third-order valence-corrected chi connectivity index (χ3v) is 6.30. The molecule has 1 N–H and O–H groups in total. The van der Waals surface area contributed by atoms with Crippen molar-refractivity contribution < 1.29 is 19.1 Å². The van der Waals surface area contributed by atoms with E-state index < -0.39 is 0 Å². The van der Waals surface area contributed by atoms with Crippen molar-refractivity contribution in [1.82, 2.24) is 10.2 Å². The second-order valence-electron chi connectivity index (χ2n) is 9.46. The fraction of sp³-hybridized carbons (Fsp3) is 0.444. The summed E-state index contributed by atoms with van der Waals surface area (Å²) in [6, 6.07) is 12.8. The number of rotatable bonds is 8. The first-order valence-corrected chi connectivity index (χ1v) is 11.8. The predicted molar refractivity (Wildman–Crippen MR) is 132 cm³/mol. The summed E-state index contributed by atoms with van der Waals surface area (Å²) >= 11 is 0. The highest BCUT2D eigenvalue weighted by molar-refractivity contribution is 6.17. The number of aliphatic imine (C=N–C) groups is 1. The van der Waals surface area contributed by atoms with Crippen LogP contribution in [0.1, 0.15) is 52.1 Å². The van der Waals surface area contributed by atoms with E-state index in [2.05, 4.69) is 30.1 Å². The molecule has 2 heterocycles. The van der Waals surface area contributed by atoms with Gasteiger partial charge in [-0.1, -0.05) is 18.2 Å². The Morgan fingerprint density at radius 1 is 1.09 bits per heavy atom. The average molecular weight is 464 g/mol. The van der Waals surface area contributed by atoms with Gasteiger partial charge in [0.15, 0.2) is 5.78 Å². The van der Waals surface area contributed by atoms with Crippen LogP contribution >= 0.6 is 0 Å². The van der Waals surface area contributed by atoms with Gasteiger partial charge < -0.3 is 14.8 Å². The second kappa shape index (κ2) is 10.5. The van der Waals surface area contributed by atoms with Crippen molar-refractivity contribution in [2.24, 2.45) is 4.99 Å². The number of nitrogens with zero attached hydrogens (tertiary/aromatic N) is 2. The molecule has 2 aromatic carbocycles. The number of ether oxygens (including phenoxy) is 2. The highest BCUT2D eigenvalue weighted by atomic mass is 16.5. The van der Waals surface area contributed by atoms with Gasteiger partial charge in [-0.05, 0) is 50.1 Å². The van der Waals surface area contributed by atoms with Gasteiger partial charge in [0.2, 0.25) is 0 Å². The number of amides is 1. The smallest absolute Gasteiger partial charge is 0.251 e. The Bertz CT molecular complexity index is 1070. The first-order valence-electron chi connectivity index (χ1n) is 11.8. The molecular weight excluding hydrogens is 430 g/mol. The molecule has 0 atom stereocenters. The minimum Gasteiger partial charge on any atom is -0.497 e. The van der Waals surface area contributed by atoms with Gasteiger partial charge in [-0.3, -0.25) is 19.5 Å². The summed E-state index contributed by atoms with van der Waals surface area (Å²) in [6.07, 6.45) is 1.02. The number of fused-ring (bicyclic) bond motifs is 1. The van der Waals surface area contributed by atoms with Crippen molar-refractivity contribution in [3.05, 3.63) is 64.7 Å². The van der Waals surface area contributed by atoms with E-state index in [-0.39, 0.29) is 23.7 Å². The van der Waals surface area contributed by atoms with Gasteiger partial charge >= 0.3 is 0 Å². The predicted octanol–water partition coefficient (Wildman–Crippen LogP) is 3.15. The number of carbonyl (C=O) groups is 2. The molecule has 4 rings (SSSR count). The summed E-state index contributed by atoms with van der Waals surface area (Å²) in [6.45, 7) is 8.82. The average Bonchev–Trinajstić information content (AvgIpc) is 2.84. The van der Waals surface area contributed by atoms with Crippen LogP contribution in [0.3, 0.4) is 0 Å². The van der Waals surface area contributed by atoms with E-state index in [0.717, 1.165) is 56.3 Å². The van der Waals surface area contributed by atoms with Crippen LogP contribution in [0.2, 0.25) is 0 Å². The third-order valence-electron chi connectivity index (χ3n) is 6.30. The molecular formula is C27H33N3O4. The Balaban J connectivity index is 1.39. The van der Waals surface area contributed by atoms with Gasteiger partial charge in [0, 0.05) is 42.9 Å². The molecule has 0 saturated carbocycles. The van der Waals surface area contributed by atoms with Crippen molar-refractivity contribution in [1.29, 1.82) is 0 Å². The Labute approximate surface area is 201 Å². The van der Waals surface area contributed by atoms with E-state index >= 15 is 0 Å². The lowest BCUT2D eigenvalue weighted by molar-refractivity contribution is 0.0383. The van der Waals surface area contributed by atoms with Crippen molar-refractivity contribution in [3.63, 3.8) is 0 Å². The molecule has 180 valence electrons. The molecule has 0 aliphatic carbocycles. The Hall–Kier alpha value is -3.03. The van der Waals surface area contributed by atoms with Crippen LogP contribution in [0.4, 0.5) is 0 Å². The minimum absolute atomic E-state index is 0.0236. The second-order valence-corrected chi connectivity index (χ2v) is 9.46. The summed E-state index contributed by atoms with van der Waals surface area (Å²) in [5, 5.41) is 2.95. The number of Topliss-reactive ketones (excluding diaryl/α,β-unsaturated/α-hetero) is 1. The van der Waals surface area contributed by atoms with E-state index in [9.17, 15) is 9.59 Å². The molecule has 7 heteroatoms. The Morgan fingerprint density at radius 3 is 2.50 bits per heavy atom. The summed E-state index contributed by atoms with van der Waals surface area (Å²) in [5.74, 6) is 0.596. The van der Waals surface area contributed by atoms with Gasteiger partial charge in [0.05, 0.1) is 38.0 Å². The highest BCUT2D eigenvalue weighted by Gasteiger charge is 2.28. The molecule has 0 aromatic heterocycles. The summed E-state index contributed by atoms with van der Waals surface area (Å²) in [7, 11) is 1.64. The van der Waals surface area contributed by atoms with Gasteiger partial charge in [-0.15, -0.1) is 0 Å². The molecule has 7 nitrogen and oxygen atoms in total. The van der Waals surface area contributed by atoms with Gasteiger partial charge in [-0.25, -0.2) is 0 Å². The van der Waals surface area contributed by atoms with E-state index in [4.69, 9.17) is 14.5 Å². The zero-order valence-corrected chi connectivity index (χ0v) is 20.2. The van der Waals surface area contributed by atoms with E-state index in [1.54, 1.807) is 31.4 Å². The van der Waals surface area contributed by atoms with Crippen LogP contribution < -0.4 is 10.1 Å². The lowest BCUT2D eigenvalue weighted by Crippen LogP contribution is -2.41. The largest absolute Gasteiger partial charge is 0.497 e. The molecule has 0 radical (unpaired) electrons. The lowest BCUT2D eigenvalue weighted by Gasteiger charge is -2.29. The van der Waals surface area contributed by atoms with Crippen LogP contribution in [0.15, 0.2) is 47.5 Å². The Kier molecular flexibility index (Phi) is 7.44. The Morgan fingerprint density at radius 2 is 1.79 bits per heavy atom. The van der Waals surface area contributed by atoms with Crippen molar-refractivity contribution in [2.75, 3.05) is 46.5 Å². The molecule has 0 bridgehead atoms. The maximum atomic E-state index is 13.1. The number of nitrogens with one attached hydrogen (secondary N) is 1. The fourth-order valence-corrected chi connectivity index (χ4v) is 4.49. The lowest BCUT2D eigenvalue weighted by atomic mass is 9.85. The summed E-state index contributed by atoms with van der Waals surface area (Å²) < 4.78 is 10.7. The highest BCUT2D eigenvalue weighted by Crippen LogP contribution is 2.31. The molecule has 1 fully saturated rings. The first kappa shape index (κ1) is 24.1. The molecule has 0 spiro atoms. The normalized spacial score (nSPS) is 17.4. The number of morpholine rings is 1. The molecule has 1 amide bonds. The fourth-order valence-electron chi connectivity index (χ4n) is 4.49. The number of methoxy groups -OCH3 is 1. The summed E-state index contributed by atoms with van der Waals surface area (Å²) in [4.78, 5) is 32.7. The number of carbonyl (C=O) groups excluding carboxylic acids is 2. The first-order chi connectivity index (χ1) is 16.3. The molecule has 2 aliphatic rings. The van der Waals surface area contributed by atoms with Crippen molar-refractivity contribution in [2.45, 2.75) is 32.2 Å². The minimum atomic E-state index is -0.264. The van der Waals surface area contributed by atoms with Gasteiger partial charge in [0.1, 0.15) is 5.75 Å². The molecule has 1 saturated heterocycles. The van der Waals surface area contributed by atoms with Crippen LogP contribution in [0, 0.1) is 0 Å². The number of benzene rings is 2. The topological polar surface area (TPSA) is 80.2 Å². The zero-order valence-electron chi connectivity index (χ0n) is 20.2. The summed E-state index contributed by atoms with van der Waals surface area (Å²) in [5.41, 5.74) is 3.78. The number of hydrogen-bond acceptors (Lipinski definition) is 6. The van der Waals surface area contributed by atoms with Crippen molar-refractivity contribution >= 4 is 17.4 Å². The van der Waals surface area contributed by atoms with Crippen LogP contribution in [-0.2, 0) is 11.2 Å². The van der Waals surface area contributed by atoms with Crippen LogP contribution in [0.5, 0.6) is 5.75 Å². The van der Waals surface area contributed by atoms with Gasteiger partial charge in [0.25, 0.3) is 5.91 Å². The van der Waals surface area contributed by atoms with Crippen LogP contribution in [-0.4, -0.2) is 74.3 Å². The molecule has 2 aromatic rings. The standard InChI is InChI=1S/C27H33N3O4/c1-27(2)18-21-8-9-22(33-3)16-23(21)24(29-27)17-25(31)19-4-6-20(7-5-19)26(32)28-10-11-30-12-14-34-15-13-30/h4-9,16H,10-15,17-18H2,1-3H3,(H,28,32). The molecule has 2 aliphatic heterocycles. The maximum Gasteiger partial charge on any atom is 0.251 e. The van der Waals surface area contributed by atoms with E-state index in [0.29, 0.717) is 17.7 Å². The SMILES string of the molecule is COc1ccc2c(c1)C(CC(=O)c1ccc(C(=O)NCCN3CCOCC3)cc1)=NC(C)(C)C2. The maximum absolute atomic E-state index is 13.1. The zero-order chi connectivity index (χ0) is 24.1. The molecule has 34 heavy (non-hydrogen) atoms.